The van der Waals surface area contributed by atoms with Crippen molar-refractivity contribution in [1.29, 1.82) is 0 Å². The summed E-state index contributed by atoms with van der Waals surface area (Å²) < 4.78 is 3.81. The van der Waals surface area contributed by atoms with Crippen molar-refractivity contribution in [3.05, 3.63) is 61.0 Å². The van der Waals surface area contributed by atoms with Gasteiger partial charge in [-0.25, -0.2) is 9.78 Å². The fourth-order valence-corrected chi connectivity index (χ4v) is 2.59. The molecule has 2 aromatic rings. The first kappa shape index (κ1) is 14.5. The molecule has 116 valence electrons. The molecular weight excluding hydrogens is 284 g/mol. The summed E-state index contributed by atoms with van der Waals surface area (Å²) in [6.07, 6.45) is 4.85. The second-order valence-electron chi connectivity index (χ2n) is 5.78. The van der Waals surface area contributed by atoms with Gasteiger partial charge in [-0.05, 0) is 12.8 Å². The van der Waals surface area contributed by atoms with E-state index in [1.54, 1.807) is 13.1 Å². The standard InChI is InChI=1S/C15H18N4O3/c1-17-11(6-13(20)18(2)15(17)22)8-19-9-16-12(7-14(19)21)10-4-3-5-10/h6-7,9-10H,3-5,8H2,1-2H3. The topological polar surface area (TPSA) is 78.9 Å². The van der Waals surface area contributed by atoms with Gasteiger partial charge in [-0.3, -0.25) is 23.3 Å². The van der Waals surface area contributed by atoms with Gasteiger partial charge in [-0.15, -0.1) is 0 Å². The van der Waals surface area contributed by atoms with Gasteiger partial charge >= 0.3 is 5.69 Å². The Labute approximate surface area is 126 Å². The Hall–Kier alpha value is -2.44. The maximum atomic E-state index is 12.2. The average Bonchev–Trinajstić information content (AvgIpc) is 2.43. The third-order valence-corrected chi connectivity index (χ3v) is 4.38. The van der Waals surface area contributed by atoms with E-state index in [0.29, 0.717) is 11.6 Å². The zero-order valence-corrected chi connectivity index (χ0v) is 12.7. The van der Waals surface area contributed by atoms with Crippen molar-refractivity contribution in [2.24, 2.45) is 14.1 Å². The Morgan fingerprint density at radius 1 is 1.09 bits per heavy atom. The van der Waals surface area contributed by atoms with Crippen molar-refractivity contribution in [3.63, 3.8) is 0 Å². The van der Waals surface area contributed by atoms with Gasteiger partial charge in [0.2, 0.25) is 0 Å². The summed E-state index contributed by atoms with van der Waals surface area (Å²) >= 11 is 0. The van der Waals surface area contributed by atoms with Crippen molar-refractivity contribution in [2.45, 2.75) is 31.7 Å². The van der Waals surface area contributed by atoms with E-state index in [9.17, 15) is 14.4 Å². The Bertz CT molecular complexity index is 887. The highest BCUT2D eigenvalue weighted by Crippen LogP contribution is 2.34. The molecule has 0 aliphatic heterocycles. The van der Waals surface area contributed by atoms with E-state index in [4.69, 9.17) is 0 Å². The summed E-state index contributed by atoms with van der Waals surface area (Å²) in [6, 6.07) is 2.93. The number of hydrogen-bond acceptors (Lipinski definition) is 4. The van der Waals surface area contributed by atoms with Crippen molar-refractivity contribution in [2.75, 3.05) is 0 Å². The maximum Gasteiger partial charge on any atom is 0.330 e. The lowest BCUT2D eigenvalue weighted by molar-refractivity contribution is 0.408. The molecule has 0 N–H and O–H groups in total. The smallest absolute Gasteiger partial charge is 0.299 e. The van der Waals surface area contributed by atoms with E-state index in [1.807, 2.05) is 0 Å². The first-order chi connectivity index (χ1) is 10.5. The van der Waals surface area contributed by atoms with Crippen LogP contribution in [0.3, 0.4) is 0 Å². The van der Waals surface area contributed by atoms with Gasteiger partial charge in [-0.2, -0.15) is 0 Å². The minimum atomic E-state index is -0.408. The second kappa shape index (κ2) is 5.40. The summed E-state index contributed by atoms with van der Waals surface area (Å²) in [6.45, 7) is 0.151. The van der Waals surface area contributed by atoms with Gasteiger partial charge in [0.15, 0.2) is 0 Å². The highest BCUT2D eigenvalue weighted by molar-refractivity contribution is 5.11. The highest BCUT2D eigenvalue weighted by Gasteiger charge is 2.21. The SMILES string of the molecule is Cn1c(Cn2cnc(C3CCC3)cc2=O)cc(=O)n(C)c1=O. The van der Waals surface area contributed by atoms with Gasteiger partial charge < -0.3 is 0 Å². The second-order valence-corrected chi connectivity index (χ2v) is 5.78. The molecule has 1 saturated carbocycles. The van der Waals surface area contributed by atoms with E-state index in [1.165, 1.54) is 35.0 Å². The molecule has 1 fully saturated rings. The van der Waals surface area contributed by atoms with Crippen LogP contribution in [0.5, 0.6) is 0 Å². The summed E-state index contributed by atoms with van der Waals surface area (Å²) in [4.78, 5) is 40.2. The van der Waals surface area contributed by atoms with Crippen molar-refractivity contribution in [3.8, 4) is 0 Å². The van der Waals surface area contributed by atoms with Crippen LogP contribution in [0.2, 0.25) is 0 Å². The van der Waals surface area contributed by atoms with Crippen LogP contribution in [0.4, 0.5) is 0 Å². The molecular formula is C15H18N4O3. The predicted octanol–water partition coefficient (Wildman–Crippen LogP) is -0.0435. The lowest BCUT2D eigenvalue weighted by Crippen LogP contribution is -2.39. The van der Waals surface area contributed by atoms with Crippen LogP contribution in [0.15, 0.2) is 32.8 Å². The van der Waals surface area contributed by atoms with Crippen LogP contribution in [-0.4, -0.2) is 18.7 Å². The van der Waals surface area contributed by atoms with Crippen molar-refractivity contribution in [1.82, 2.24) is 18.7 Å². The zero-order valence-electron chi connectivity index (χ0n) is 12.7. The summed E-state index contributed by atoms with van der Waals surface area (Å²) in [7, 11) is 3.01. The molecule has 0 atom stereocenters. The highest BCUT2D eigenvalue weighted by atomic mass is 16.2. The zero-order chi connectivity index (χ0) is 15.9. The molecule has 0 amide bonds. The molecule has 0 unspecified atom stereocenters. The molecule has 1 aliphatic rings. The van der Waals surface area contributed by atoms with E-state index in [-0.39, 0.29) is 17.7 Å². The van der Waals surface area contributed by atoms with Gasteiger partial charge in [0, 0.05) is 37.8 Å². The van der Waals surface area contributed by atoms with E-state index < -0.39 is 5.69 Å². The fourth-order valence-electron chi connectivity index (χ4n) is 2.59. The number of hydrogen-bond donors (Lipinski definition) is 0. The van der Waals surface area contributed by atoms with Gasteiger partial charge in [0.05, 0.1) is 18.6 Å². The minimum absolute atomic E-state index is 0.151. The van der Waals surface area contributed by atoms with Crippen LogP contribution in [0.1, 0.15) is 36.6 Å². The molecule has 22 heavy (non-hydrogen) atoms. The Kier molecular flexibility index (Phi) is 3.56. The molecule has 3 rings (SSSR count). The summed E-state index contributed by atoms with van der Waals surface area (Å²) in [5, 5.41) is 0. The molecule has 0 radical (unpaired) electrons. The summed E-state index contributed by atoms with van der Waals surface area (Å²) in [5.41, 5.74) is 0.364. The molecule has 7 nitrogen and oxygen atoms in total. The monoisotopic (exact) mass is 302 g/mol. The van der Waals surface area contributed by atoms with Gasteiger partial charge in [0.1, 0.15) is 0 Å². The first-order valence-electron chi connectivity index (χ1n) is 7.29. The lowest BCUT2D eigenvalue weighted by atomic mass is 9.83. The molecule has 2 heterocycles. The number of nitrogens with zero attached hydrogens (tertiary/aromatic N) is 4. The quantitative estimate of drug-likeness (QED) is 0.797. The molecule has 0 saturated heterocycles. The van der Waals surface area contributed by atoms with E-state index >= 15 is 0 Å². The third kappa shape index (κ3) is 2.43. The van der Waals surface area contributed by atoms with Crippen LogP contribution in [-0.2, 0) is 20.6 Å². The molecule has 7 heteroatoms. The number of rotatable bonds is 3. The third-order valence-electron chi connectivity index (χ3n) is 4.38. The lowest BCUT2D eigenvalue weighted by Gasteiger charge is -2.24. The van der Waals surface area contributed by atoms with Crippen LogP contribution < -0.4 is 16.8 Å². The largest absolute Gasteiger partial charge is 0.330 e. The predicted molar refractivity (Wildman–Crippen MR) is 81.1 cm³/mol. The first-order valence-corrected chi connectivity index (χ1v) is 7.29. The molecule has 0 spiro atoms. The van der Waals surface area contributed by atoms with Crippen LogP contribution in [0.25, 0.3) is 0 Å². The minimum Gasteiger partial charge on any atom is -0.299 e. The van der Waals surface area contributed by atoms with Crippen LogP contribution >= 0.6 is 0 Å². The maximum absolute atomic E-state index is 12.2. The van der Waals surface area contributed by atoms with Gasteiger partial charge in [-0.1, -0.05) is 6.42 Å². The van der Waals surface area contributed by atoms with E-state index in [2.05, 4.69) is 4.98 Å². The number of aromatic nitrogens is 4. The van der Waals surface area contributed by atoms with Crippen molar-refractivity contribution >= 4 is 0 Å². The van der Waals surface area contributed by atoms with E-state index in [0.717, 1.165) is 23.1 Å². The average molecular weight is 302 g/mol. The fraction of sp³-hybridized carbons (Fsp3) is 0.467. The Morgan fingerprint density at radius 2 is 1.82 bits per heavy atom. The summed E-state index contributed by atoms with van der Waals surface area (Å²) in [5.74, 6) is 0.399. The van der Waals surface area contributed by atoms with Crippen LogP contribution in [0, 0.1) is 0 Å². The molecule has 1 aliphatic carbocycles. The van der Waals surface area contributed by atoms with Crippen molar-refractivity contribution < 1.29 is 0 Å². The molecule has 0 bridgehead atoms. The Balaban J connectivity index is 1.95. The normalized spacial score (nSPS) is 14.8. The van der Waals surface area contributed by atoms with Gasteiger partial charge in [0.25, 0.3) is 11.1 Å². The Morgan fingerprint density at radius 3 is 2.41 bits per heavy atom. The molecule has 0 aromatic carbocycles. The molecule has 2 aromatic heterocycles.